The van der Waals surface area contributed by atoms with Crippen molar-refractivity contribution in [3.05, 3.63) is 94.6 Å². The van der Waals surface area contributed by atoms with E-state index in [1.807, 2.05) is 53.4 Å². The lowest BCUT2D eigenvalue weighted by Crippen LogP contribution is -2.50. The molecule has 3 aromatic carbocycles. The highest BCUT2D eigenvalue weighted by atomic mass is 19.1. The van der Waals surface area contributed by atoms with Gasteiger partial charge in [-0.3, -0.25) is 19.3 Å². The van der Waals surface area contributed by atoms with Crippen LogP contribution in [0.15, 0.2) is 65.7 Å². The van der Waals surface area contributed by atoms with Crippen molar-refractivity contribution < 1.29 is 33.1 Å². The molecular weight excluding hydrogens is 714 g/mol. The minimum absolute atomic E-state index is 0.0681. The van der Waals surface area contributed by atoms with E-state index in [0.717, 1.165) is 35.4 Å². The third-order valence-electron chi connectivity index (χ3n) is 8.87. The number of aliphatic imine (C=N–C) groups is 1. The molecule has 296 valence electrons. The molecule has 0 fully saturated rings. The second-order valence-corrected chi connectivity index (χ2v) is 12.9. The van der Waals surface area contributed by atoms with Crippen LogP contribution in [-0.4, -0.2) is 78.5 Å². The number of hydrogen-bond acceptors (Lipinski definition) is 8. The molecule has 0 aliphatic carbocycles. The second-order valence-electron chi connectivity index (χ2n) is 12.9. The maximum absolute atomic E-state index is 14.5. The molecule has 1 aliphatic heterocycles. The number of benzene rings is 3. The Kier molecular flexibility index (Phi) is 16.1. The number of rotatable bonds is 19. The molecule has 1 aliphatic rings. The molecule has 55 heavy (non-hydrogen) atoms. The quantitative estimate of drug-likeness (QED) is 0.0491. The number of carbonyl (C=O) groups excluding carboxylic acids is 4. The molecule has 5 amide bonds. The highest BCUT2D eigenvalue weighted by Crippen LogP contribution is 2.35. The average molecular weight is 765 g/mol. The van der Waals surface area contributed by atoms with Crippen molar-refractivity contribution >= 4 is 35.4 Å². The van der Waals surface area contributed by atoms with E-state index in [1.54, 1.807) is 6.92 Å². The van der Waals surface area contributed by atoms with Gasteiger partial charge in [-0.15, -0.1) is 0 Å². The lowest BCUT2D eigenvalue weighted by molar-refractivity contribution is -0.132. The van der Waals surface area contributed by atoms with Crippen LogP contribution in [0.25, 0.3) is 0 Å². The Labute approximate surface area is 318 Å². The fourth-order valence-electron chi connectivity index (χ4n) is 6.07. The first kappa shape index (κ1) is 41.9. The Hall–Kier alpha value is -5.81. The first-order chi connectivity index (χ1) is 26.5. The second kappa shape index (κ2) is 21.2. The standard InChI is InChI=1S/C38H50F2N10O5/c1-2-33(52)44-17-18-46-38(55)49-37(42)45-15-7-13-32(35(53)47-21-27-29(39)19-26(51)20-30(27)40)48-36(54)34(24-9-4-3-5-10-24)50-22-25-11-6-12-31(28(25)23-50)43-16-8-14-41/h3-6,9-12,19-20,32,34,43,51H,2,7-8,13-18,21-23,41H2,1H3,(H,44,52)(H,47,53)(H,48,54)(H4,42,45,46,49,55)/t32-,34+/m1/s1. The Morgan fingerprint density at radius 2 is 1.60 bits per heavy atom. The summed E-state index contributed by atoms with van der Waals surface area (Å²) in [6.45, 7) is 3.87. The van der Waals surface area contributed by atoms with Crippen LogP contribution in [-0.2, 0) is 34.0 Å². The van der Waals surface area contributed by atoms with E-state index in [2.05, 4.69) is 36.9 Å². The van der Waals surface area contributed by atoms with Crippen molar-refractivity contribution in [2.45, 2.75) is 64.3 Å². The summed E-state index contributed by atoms with van der Waals surface area (Å²) < 4.78 is 29.0. The van der Waals surface area contributed by atoms with Gasteiger partial charge in [-0.1, -0.05) is 49.4 Å². The summed E-state index contributed by atoms with van der Waals surface area (Å²) in [6.07, 6.45) is 1.44. The predicted octanol–water partition coefficient (Wildman–Crippen LogP) is 2.21. The van der Waals surface area contributed by atoms with Crippen molar-refractivity contribution in [1.82, 2.24) is 31.5 Å². The Morgan fingerprint density at radius 3 is 2.31 bits per heavy atom. The molecule has 3 aromatic rings. The van der Waals surface area contributed by atoms with Crippen molar-refractivity contribution in [1.29, 1.82) is 0 Å². The molecule has 11 N–H and O–H groups in total. The molecule has 0 unspecified atom stereocenters. The summed E-state index contributed by atoms with van der Waals surface area (Å²) in [7, 11) is 0. The van der Waals surface area contributed by atoms with Gasteiger partial charge in [-0.2, -0.15) is 4.99 Å². The number of carbonyl (C=O) groups is 4. The topological polar surface area (TPSA) is 228 Å². The van der Waals surface area contributed by atoms with Crippen LogP contribution in [0.5, 0.6) is 5.75 Å². The summed E-state index contributed by atoms with van der Waals surface area (Å²) >= 11 is 0. The number of amides is 5. The molecule has 0 saturated heterocycles. The maximum atomic E-state index is 14.5. The fraction of sp³-hybridized carbons (Fsp3) is 0.395. The number of nitrogens with two attached hydrogens (primary N) is 2. The van der Waals surface area contributed by atoms with Gasteiger partial charge in [0.1, 0.15) is 29.5 Å². The van der Waals surface area contributed by atoms with Gasteiger partial charge in [-0.25, -0.2) is 13.6 Å². The van der Waals surface area contributed by atoms with Crippen molar-refractivity contribution in [3.63, 3.8) is 0 Å². The van der Waals surface area contributed by atoms with Crippen molar-refractivity contribution in [3.8, 4) is 5.75 Å². The number of phenolic OH excluding ortho intramolecular Hbond substituents is 1. The van der Waals surface area contributed by atoms with E-state index < -0.39 is 59.4 Å². The number of hydrogen-bond donors (Lipinski definition) is 9. The highest BCUT2D eigenvalue weighted by Gasteiger charge is 2.35. The van der Waals surface area contributed by atoms with Gasteiger partial charge in [0.05, 0.1) is 0 Å². The molecule has 0 spiro atoms. The van der Waals surface area contributed by atoms with Gasteiger partial charge in [0.25, 0.3) is 0 Å². The molecular formula is C38H50F2N10O5. The molecule has 15 nitrogen and oxygen atoms in total. The summed E-state index contributed by atoms with van der Waals surface area (Å²) in [5.74, 6) is -4.17. The van der Waals surface area contributed by atoms with E-state index >= 15 is 0 Å². The van der Waals surface area contributed by atoms with E-state index in [1.165, 1.54) is 0 Å². The zero-order chi connectivity index (χ0) is 39.7. The Bertz CT molecular complexity index is 1790. The average Bonchev–Trinajstić information content (AvgIpc) is 3.59. The Morgan fingerprint density at radius 1 is 0.873 bits per heavy atom. The van der Waals surface area contributed by atoms with E-state index in [9.17, 15) is 33.1 Å². The zero-order valence-corrected chi connectivity index (χ0v) is 30.8. The number of urea groups is 1. The SMILES string of the molecule is CCC(=O)NCCNC(=O)/N=C(/N)NCCC[C@@H](NC(=O)[C@H](c1ccccc1)N1Cc2cccc(NCCCN)c2C1)C(=O)NCc1c(F)cc(O)cc1F. The summed E-state index contributed by atoms with van der Waals surface area (Å²) in [4.78, 5) is 57.1. The summed E-state index contributed by atoms with van der Waals surface area (Å²) in [5.41, 5.74) is 14.9. The van der Waals surface area contributed by atoms with Gasteiger partial charge in [0.2, 0.25) is 17.7 Å². The van der Waals surface area contributed by atoms with Gasteiger partial charge < -0.3 is 48.5 Å². The number of nitrogens with one attached hydrogen (secondary N) is 6. The van der Waals surface area contributed by atoms with Crippen LogP contribution in [0.3, 0.4) is 0 Å². The third-order valence-corrected chi connectivity index (χ3v) is 8.87. The van der Waals surface area contributed by atoms with E-state index in [4.69, 9.17) is 11.5 Å². The van der Waals surface area contributed by atoms with Gasteiger partial charge in [0, 0.05) is 75.6 Å². The number of nitrogens with zero attached hydrogens (tertiary/aromatic N) is 2. The number of anilines is 1. The summed E-state index contributed by atoms with van der Waals surface area (Å²) in [5, 5.41) is 26.3. The number of guanidine groups is 1. The number of fused-ring (bicyclic) bond motifs is 1. The molecule has 0 bridgehead atoms. The highest BCUT2D eigenvalue weighted by molar-refractivity contribution is 5.92. The maximum Gasteiger partial charge on any atom is 0.344 e. The van der Waals surface area contributed by atoms with Gasteiger partial charge in [0.15, 0.2) is 5.96 Å². The minimum atomic E-state index is -1.15. The number of halogens is 2. The number of aromatic hydroxyl groups is 1. The largest absolute Gasteiger partial charge is 0.508 e. The zero-order valence-electron chi connectivity index (χ0n) is 30.8. The molecule has 2 atom stereocenters. The molecule has 1 heterocycles. The lowest BCUT2D eigenvalue weighted by Gasteiger charge is -2.29. The van der Waals surface area contributed by atoms with Gasteiger partial charge in [-0.05, 0) is 48.6 Å². The fourth-order valence-corrected chi connectivity index (χ4v) is 6.07. The van der Waals surface area contributed by atoms with Crippen LogP contribution in [0, 0.1) is 11.6 Å². The molecule has 17 heteroatoms. The first-order valence-corrected chi connectivity index (χ1v) is 18.2. The van der Waals surface area contributed by atoms with Crippen molar-refractivity contribution in [2.24, 2.45) is 16.5 Å². The predicted molar refractivity (Wildman–Crippen MR) is 204 cm³/mol. The van der Waals surface area contributed by atoms with Crippen LogP contribution in [0.1, 0.15) is 60.9 Å². The normalized spacial score (nSPS) is 13.6. The third kappa shape index (κ3) is 12.6. The smallest absolute Gasteiger partial charge is 0.344 e. The Balaban J connectivity index is 1.47. The molecule has 4 rings (SSSR count). The minimum Gasteiger partial charge on any atom is -0.508 e. The first-order valence-electron chi connectivity index (χ1n) is 18.2. The van der Waals surface area contributed by atoms with Crippen molar-refractivity contribution in [2.75, 3.05) is 38.0 Å². The van der Waals surface area contributed by atoms with Gasteiger partial charge >= 0.3 is 6.03 Å². The summed E-state index contributed by atoms with van der Waals surface area (Å²) in [6, 6.07) is 13.9. The van der Waals surface area contributed by atoms with E-state index in [0.29, 0.717) is 38.2 Å². The molecule has 0 radical (unpaired) electrons. The monoisotopic (exact) mass is 764 g/mol. The van der Waals surface area contributed by atoms with Crippen LogP contribution in [0.2, 0.25) is 0 Å². The number of phenols is 1. The van der Waals surface area contributed by atoms with E-state index in [-0.39, 0.29) is 44.3 Å². The molecule has 0 aromatic heterocycles. The van der Waals surface area contributed by atoms with Crippen LogP contribution in [0.4, 0.5) is 19.3 Å². The van der Waals surface area contributed by atoms with Crippen LogP contribution < -0.4 is 43.4 Å². The lowest BCUT2D eigenvalue weighted by atomic mass is 10.0. The molecule has 0 saturated carbocycles. The van der Waals surface area contributed by atoms with Crippen LogP contribution >= 0.6 is 0 Å².